The van der Waals surface area contributed by atoms with Crippen molar-refractivity contribution < 1.29 is 4.74 Å². The molecule has 4 nitrogen and oxygen atoms in total. The molecule has 2 aromatic rings. The van der Waals surface area contributed by atoms with Crippen LogP contribution >= 0.6 is 0 Å². The van der Waals surface area contributed by atoms with E-state index >= 15 is 0 Å². The zero-order valence-electron chi connectivity index (χ0n) is 13.0. The molecule has 0 spiro atoms. The minimum Gasteiger partial charge on any atom is -0.383 e. The van der Waals surface area contributed by atoms with Gasteiger partial charge in [0.15, 0.2) is 0 Å². The minimum absolute atomic E-state index is 0.337. The van der Waals surface area contributed by atoms with Crippen molar-refractivity contribution in [2.75, 3.05) is 12.8 Å². The number of methoxy groups -OCH3 is 1. The Balaban J connectivity index is 2.06. The summed E-state index contributed by atoms with van der Waals surface area (Å²) < 4.78 is 7.40. The maximum Gasteiger partial charge on any atom is 0.131 e. The van der Waals surface area contributed by atoms with E-state index in [1.807, 2.05) is 6.07 Å². The number of hydrogen-bond acceptors (Lipinski definition) is 3. The highest BCUT2D eigenvalue weighted by Gasteiger charge is 2.31. The van der Waals surface area contributed by atoms with Gasteiger partial charge in [0, 0.05) is 24.6 Å². The average Bonchev–Trinajstić information content (AvgIpc) is 3.23. The highest BCUT2D eigenvalue weighted by Crippen LogP contribution is 2.43. The Labute approximate surface area is 125 Å². The van der Waals surface area contributed by atoms with Crippen molar-refractivity contribution in [2.45, 2.75) is 45.3 Å². The smallest absolute Gasteiger partial charge is 0.131 e. The molecule has 1 aliphatic rings. The molecular weight excluding hydrogens is 262 g/mol. The summed E-state index contributed by atoms with van der Waals surface area (Å²) in [4.78, 5) is 4.86. The maximum atomic E-state index is 6.40. The molecule has 2 N–H and O–H groups in total. The highest BCUT2D eigenvalue weighted by atomic mass is 16.5. The van der Waals surface area contributed by atoms with E-state index in [0.29, 0.717) is 18.6 Å². The highest BCUT2D eigenvalue weighted by molar-refractivity contribution is 5.72. The fourth-order valence-electron chi connectivity index (χ4n) is 2.82. The van der Waals surface area contributed by atoms with Gasteiger partial charge in [-0.2, -0.15) is 0 Å². The second kappa shape index (κ2) is 5.53. The second-order valence-electron chi connectivity index (χ2n) is 6.08. The molecule has 0 amide bonds. The topological polar surface area (TPSA) is 53.1 Å². The van der Waals surface area contributed by atoms with Gasteiger partial charge in [-0.1, -0.05) is 18.2 Å². The monoisotopic (exact) mass is 285 g/mol. The Morgan fingerprint density at radius 3 is 2.76 bits per heavy atom. The molecule has 0 unspecified atom stereocenters. The van der Waals surface area contributed by atoms with Crippen LogP contribution in [0.4, 0.5) is 5.82 Å². The van der Waals surface area contributed by atoms with E-state index < -0.39 is 0 Å². The number of imidazole rings is 1. The Kier molecular flexibility index (Phi) is 3.72. The van der Waals surface area contributed by atoms with Crippen molar-refractivity contribution in [1.29, 1.82) is 0 Å². The summed E-state index contributed by atoms with van der Waals surface area (Å²) >= 11 is 0. The van der Waals surface area contributed by atoms with Gasteiger partial charge in [0.25, 0.3) is 0 Å². The van der Waals surface area contributed by atoms with Gasteiger partial charge in [0.1, 0.15) is 17.3 Å². The SMILES string of the molecule is COCc1cccc(-c2nc(C3CC3)n(C(C)C)c2N)c1. The van der Waals surface area contributed by atoms with E-state index in [4.69, 9.17) is 15.5 Å². The zero-order chi connectivity index (χ0) is 15.0. The summed E-state index contributed by atoms with van der Waals surface area (Å²) in [5.74, 6) is 2.52. The van der Waals surface area contributed by atoms with Gasteiger partial charge in [0.05, 0.1) is 6.61 Å². The Morgan fingerprint density at radius 1 is 1.38 bits per heavy atom. The molecule has 1 aromatic heterocycles. The fraction of sp³-hybridized carbons (Fsp3) is 0.471. The lowest BCUT2D eigenvalue weighted by Gasteiger charge is -2.13. The number of hydrogen-bond donors (Lipinski definition) is 1. The lowest BCUT2D eigenvalue weighted by Crippen LogP contribution is -2.08. The van der Waals surface area contributed by atoms with Crippen LogP contribution in [0, 0.1) is 0 Å². The van der Waals surface area contributed by atoms with Gasteiger partial charge < -0.3 is 15.0 Å². The third kappa shape index (κ3) is 2.68. The number of nitrogen functional groups attached to an aromatic ring is 1. The number of nitrogens with two attached hydrogens (primary N) is 1. The quantitative estimate of drug-likeness (QED) is 0.910. The van der Waals surface area contributed by atoms with Crippen molar-refractivity contribution in [1.82, 2.24) is 9.55 Å². The summed E-state index contributed by atoms with van der Waals surface area (Å²) in [5.41, 5.74) is 9.51. The maximum absolute atomic E-state index is 6.40. The molecule has 1 saturated carbocycles. The van der Waals surface area contributed by atoms with Gasteiger partial charge in [0.2, 0.25) is 0 Å². The first-order valence-electron chi connectivity index (χ1n) is 7.57. The minimum atomic E-state index is 0.337. The first kappa shape index (κ1) is 14.1. The molecule has 3 rings (SSSR count). The molecule has 0 bridgehead atoms. The molecule has 4 heteroatoms. The molecule has 1 heterocycles. The third-order valence-corrected chi connectivity index (χ3v) is 3.95. The largest absolute Gasteiger partial charge is 0.383 e. The first-order chi connectivity index (χ1) is 10.1. The molecular formula is C17H23N3O. The summed E-state index contributed by atoms with van der Waals surface area (Å²) in [6.45, 7) is 4.93. The van der Waals surface area contributed by atoms with Crippen LogP contribution in [0.3, 0.4) is 0 Å². The van der Waals surface area contributed by atoms with Gasteiger partial charge in [-0.05, 0) is 38.3 Å². The molecule has 112 valence electrons. The summed E-state index contributed by atoms with van der Waals surface area (Å²) in [7, 11) is 1.71. The Hall–Kier alpha value is -1.81. The van der Waals surface area contributed by atoms with Crippen LogP contribution in [0.1, 0.15) is 50.0 Å². The van der Waals surface area contributed by atoms with Crippen molar-refractivity contribution in [3.63, 3.8) is 0 Å². The van der Waals surface area contributed by atoms with Crippen LogP contribution < -0.4 is 5.73 Å². The van der Waals surface area contributed by atoms with Crippen LogP contribution in [0.15, 0.2) is 24.3 Å². The molecule has 0 atom stereocenters. The van der Waals surface area contributed by atoms with E-state index in [1.54, 1.807) is 7.11 Å². The number of nitrogens with zero attached hydrogens (tertiary/aromatic N) is 2. The van der Waals surface area contributed by atoms with E-state index in [0.717, 1.165) is 28.5 Å². The summed E-state index contributed by atoms with van der Waals surface area (Å²) in [6, 6.07) is 8.62. The number of anilines is 1. The first-order valence-corrected chi connectivity index (χ1v) is 7.57. The van der Waals surface area contributed by atoms with Crippen LogP contribution in [0.5, 0.6) is 0 Å². The normalized spacial score (nSPS) is 14.9. The third-order valence-electron chi connectivity index (χ3n) is 3.95. The summed E-state index contributed by atoms with van der Waals surface area (Å²) in [5, 5.41) is 0. The number of ether oxygens (including phenoxy) is 1. The van der Waals surface area contributed by atoms with Crippen molar-refractivity contribution in [2.24, 2.45) is 0 Å². The van der Waals surface area contributed by atoms with Crippen molar-refractivity contribution >= 4 is 5.82 Å². The van der Waals surface area contributed by atoms with Gasteiger partial charge >= 0.3 is 0 Å². The van der Waals surface area contributed by atoms with Gasteiger partial charge in [-0.15, -0.1) is 0 Å². The average molecular weight is 285 g/mol. The van der Waals surface area contributed by atoms with Crippen molar-refractivity contribution in [3.05, 3.63) is 35.7 Å². The van der Waals surface area contributed by atoms with Gasteiger partial charge in [-0.3, -0.25) is 0 Å². The predicted octanol–water partition coefficient (Wildman–Crippen LogP) is 3.74. The van der Waals surface area contributed by atoms with Crippen LogP contribution in [-0.4, -0.2) is 16.7 Å². The Bertz CT molecular complexity index is 641. The number of benzene rings is 1. The number of rotatable bonds is 5. The van der Waals surface area contributed by atoms with E-state index in [2.05, 4.69) is 36.6 Å². The Morgan fingerprint density at radius 2 is 2.14 bits per heavy atom. The van der Waals surface area contributed by atoms with Crippen molar-refractivity contribution in [3.8, 4) is 11.3 Å². The summed E-state index contributed by atoms with van der Waals surface area (Å²) in [6.07, 6.45) is 2.46. The standard InChI is InChI=1S/C17H23N3O/c1-11(2)20-16(18)15(19-17(20)13-7-8-13)14-6-4-5-12(9-14)10-21-3/h4-6,9,11,13H,7-8,10,18H2,1-3H3. The van der Waals surface area contributed by atoms with Gasteiger partial charge in [-0.25, -0.2) is 4.98 Å². The molecule has 0 saturated heterocycles. The lowest BCUT2D eigenvalue weighted by molar-refractivity contribution is 0.185. The molecule has 0 radical (unpaired) electrons. The molecule has 0 aliphatic heterocycles. The second-order valence-corrected chi connectivity index (χ2v) is 6.08. The van der Waals surface area contributed by atoms with E-state index in [9.17, 15) is 0 Å². The molecule has 1 aromatic carbocycles. The van der Waals surface area contributed by atoms with E-state index in [1.165, 1.54) is 12.8 Å². The predicted molar refractivity (Wildman–Crippen MR) is 85.1 cm³/mol. The number of aromatic nitrogens is 2. The molecule has 1 fully saturated rings. The van der Waals surface area contributed by atoms with Crippen LogP contribution in [0.25, 0.3) is 11.3 Å². The lowest BCUT2D eigenvalue weighted by atomic mass is 10.1. The van der Waals surface area contributed by atoms with Crippen LogP contribution in [-0.2, 0) is 11.3 Å². The zero-order valence-corrected chi connectivity index (χ0v) is 13.0. The fourth-order valence-corrected chi connectivity index (χ4v) is 2.82. The van der Waals surface area contributed by atoms with E-state index in [-0.39, 0.29) is 0 Å². The molecule has 21 heavy (non-hydrogen) atoms. The van der Waals surface area contributed by atoms with Crippen LogP contribution in [0.2, 0.25) is 0 Å². The molecule has 1 aliphatic carbocycles.